The maximum absolute atomic E-state index is 12.3. The van der Waals surface area contributed by atoms with Crippen LogP contribution in [0.5, 0.6) is 0 Å². The molecule has 2 rings (SSSR count). The minimum atomic E-state index is -0.220. The molecular formula is C15H20O2. The molecule has 17 heavy (non-hydrogen) atoms. The first-order chi connectivity index (χ1) is 7.85. The lowest BCUT2D eigenvalue weighted by Gasteiger charge is -2.24. The molecule has 2 aliphatic carbocycles. The van der Waals surface area contributed by atoms with Crippen molar-refractivity contribution in [3.8, 4) is 0 Å². The zero-order valence-corrected chi connectivity index (χ0v) is 11.1. The summed E-state index contributed by atoms with van der Waals surface area (Å²) < 4.78 is 0. The van der Waals surface area contributed by atoms with Crippen molar-refractivity contribution in [3.63, 3.8) is 0 Å². The van der Waals surface area contributed by atoms with Crippen LogP contribution in [-0.4, -0.2) is 11.6 Å². The Morgan fingerprint density at radius 2 is 1.94 bits per heavy atom. The van der Waals surface area contributed by atoms with Gasteiger partial charge in [-0.15, -0.1) is 0 Å². The molecule has 0 saturated heterocycles. The maximum Gasteiger partial charge on any atom is 0.182 e. The van der Waals surface area contributed by atoms with Crippen LogP contribution < -0.4 is 0 Å². The third-order valence-corrected chi connectivity index (χ3v) is 4.15. The van der Waals surface area contributed by atoms with Crippen LogP contribution in [-0.2, 0) is 9.59 Å². The van der Waals surface area contributed by atoms with E-state index in [0.29, 0.717) is 17.9 Å². The second-order valence-electron chi connectivity index (χ2n) is 5.91. The fourth-order valence-corrected chi connectivity index (χ4v) is 3.10. The lowest BCUT2D eigenvalue weighted by atomic mass is 9.77. The minimum Gasteiger partial charge on any atom is -0.295 e. The smallest absolute Gasteiger partial charge is 0.182 e. The number of ketones is 2. The third-order valence-electron chi connectivity index (χ3n) is 4.15. The number of rotatable bonds is 1. The monoisotopic (exact) mass is 232 g/mol. The maximum atomic E-state index is 12.3. The predicted molar refractivity (Wildman–Crippen MR) is 67.6 cm³/mol. The Morgan fingerprint density at radius 3 is 2.53 bits per heavy atom. The molecule has 0 spiro atoms. The van der Waals surface area contributed by atoms with Crippen molar-refractivity contribution in [2.24, 2.45) is 11.3 Å². The van der Waals surface area contributed by atoms with Crippen molar-refractivity contribution in [2.45, 2.75) is 47.0 Å². The second kappa shape index (κ2) is 3.94. The molecule has 0 aliphatic heterocycles. The van der Waals surface area contributed by atoms with Crippen LogP contribution in [0.1, 0.15) is 47.0 Å². The molecule has 2 heteroatoms. The van der Waals surface area contributed by atoms with Crippen LogP contribution >= 0.6 is 0 Å². The standard InChI is InChI=1S/C15H20O2/c1-9(2)11-5-6-15(4)8-13(17)10(3)7-12(16)14(11)15/h7,9H,5-6,8H2,1-4H3/t15-/m1/s1. The summed E-state index contributed by atoms with van der Waals surface area (Å²) in [6.07, 6.45) is 3.94. The molecular weight excluding hydrogens is 212 g/mol. The highest BCUT2D eigenvalue weighted by Gasteiger charge is 2.43. The summed E-state index contributed by atoms with van der Waals surface area (Å²) in [5, 5.41) is 0. The van der Waals surface area contributed by atoms with Crippen molar-refractivity contribution in [1.29, 1.82) is 0 Å². The van der Waals surface area contributed by atoms with Crippen molar-refractivity contribution < 1.29 is 9.59 Å². The van der Waals surface area contributed by atoms with E-state index in [4.69, 9.17) is 0 Å². The Morgan fingerprint density at radius 1 is 1.29 bits per heavy atom. The Labute approximate surface area is 103 Å². The molecule has 0 bridgehead atoms. The highest BCUT2D eigenvalue weighted by Crippen LogP contribution is 2.49. The fraction of sp³-hybridized carbons (Fsp3) is 0.600. The highest BCUT2D eigenvalue weighted by atomic mass is 16.1. The van der Waals surface area contributed by atoms with Gasteiger partial charge in [-0.2, -0.15) is 0 Å². The first-order valence-corrected chi connectivity index (χ1v) is 6.34. The normalized spacial score (nSPS) is 29.6. The zero-order valence-electron chi connectivity index (χ0n) is 11.1. The molecule has 0 unspecified atom stereocenters. The fourth-order valence-electron chi connectivity index (χ4n) is 3.10. The van der Waals surface area contributed by atoms with E-state index in [9.17, 15) is 9.59 Å². The molecule has 0 fully saturated rings. The summed E-state index contributed by atoms with van der Waals surface area (Å²) in [6.45, 7) is 8.08. The zero-order chi connectivity index (χ0) is 12.8. The van der Waals surface area contributed by atoms with Gasteiger partial charge in [0.15, 0.2) is 11.6 Å². The molecule has 2 nitrogen and oxygen atoms in total. The molecule has 0 aromatic carbocycles. The van der Waals surface area contributed by atoms with Gasteiger partial charge in [-0.3, -0.25) is 9.59 Å². The second-order valence-corrected chi connectivity index (χ2v) is 5.91. The number of carbonyl (C=O) groups excluding carboxylic acids is 2. The first-order valence-electron chi connectivity index (χ1n) is 6.34. The highest BCUT2D eigenvalue weighted by molar-refractivity contribution is 6.13. The SMILES string of the molecule is CC1=CC(=O)C2=C(C(C)C)CC[C@]2(C)CC1=O. The number of Topliss-reactive ketones (excluding diaryl/α,β-unsaturated/α-hetero) is 1. The van der Waals surface area contributed by atoms with Crippen molar-refractivity contribution in [2.75, 3.05) is 0 Å². The average molecular weight is 232 g/mol. The lowest BCUT2D eigenvalue weighted by Crippen LogP contribution is -2.22. The average Bonchev–Trinajstić information content (AvgIpc) is 2.51. The van der Waals surface area contributed by atoms with Crippen LogP contribution in [0.2, 0.25) is 0 Å². The Balaban J connectivity index is 2.57. The summed E-state index contributed by atoms with van der Waals surface area (Å²) in [5.41, 5.74) is 2.58. The van der Waals surface area contributed by atoms with Crippen LogP contribution in [0.3, 0.4) is 0 Å². The summed E-state index contributed by atoms with van der Waals surface area (Å²) >= 11 is 0. The van der Waals surface area contributed by atoms with E-state index in [0.717, 1.165) is 18.4 Å². The minimum absolute atomic E-state index is 0.0667. The molecule has 0 heterocycles. The van der Waals surface area contributed by atoms with Crippen LogP contribution in [0.4, 0.5) is 0 Å². The van der Waals surface area contributed by atoms with Gasteiger partial charge in [-0.05, 0) is 37.3 Å². The van der Waals surface area contributed by atoms with Gasteiger partial charge in [0.05, 0.1) is 0 Å². The van der Waals surface area contributed by atoms with Crippen LogP contribution in [0, 0.1) is 11.3 Å². The van der Waals surface area contributed by atoms with E-state index in [1.54, 1.807) is 6.92 Å². The van der Waals surface area contributed by atoms with Gasteiger partial charge in [0.25, 0.3) is 0 Å². The molecule has 1 atom stereocenters. The van der Waals surface area contributed by atoms with Gasteiger partial charge in [0, 0.05) is 17.4 Å². The topological polar surface area (TPSA) is 34.1 Å². The van der Waals surface area contributed by atoms with Gasteiger partial charge >= 0.3 is 0 Å². The number of carbonyl (C=O) groups is 2. The lowest BCUT2D eigenvalue weighted by molar-refractivity contribution is -0.117. The van der Waals surface area contributed by atoms with Gasteiger partial charge in [0.2, 0.25) is 0 Å². The molecule has 0 N–H and O–H groups in total. The molecule has 0 saturated carbocycles. The Hall–Kier alpha value is -1.18. The van der Waals surface area contributed by atoms with Gasteiger partial charge in [0.1, 0.15) is 0 Å². The summed E-state index contributed by atoms with van der Waals surface area (Å²) in [5.74, 6) is 0.593. The van der Waals surface area contributed by atoms with E-state index in [1.165, 1.54) is 11.6 Å². The summed E-state index contributed by atoms with van der Waals surface area (Å²) in [6, 6.07) is 0. The van der Waals surface area contributed by atoms with Gasteiger partial charge in [-0.1, -0.05) is 26.3 Å². The van der Waals surface area contributed by atoms with E-state index in [1.807, 2.05) is 0 Å². The number of hydrogen-bond acceptors (Lipinski definition) is 2. The van der Waals surface area contributed by atoms with Crippen LogP contribution in [0.15, 0.2) is 22.8 Å². The molecule has 0 aromatic heterocycles. The van der Waals surface area contributed by atoms with Crippen molar-refractivity contribution >= 4 is 11.6 Å². The predicted octanol–water partition coefficient (Wildman–Crippen LogP) is 3.23. The van der Waals surface area contributed by atoms with Crippen LogP contribution in [0.25, 0.3) is 0 Å². The molecule has 0 radical (unpaired) electrons. The van der Waals surface area contributed by atoms with E-state index in [-0.39, 0.29) is 17.0 Å². The Bertz CT molecular complexity index is 452. The number of hydrogen-bond donors (Lipinski definition) is 0. The van der Waals surface area contributed by atoms with Gasteiger partial charge < -0.3 is 0 Å². The van der Waals surface area contributed by atoms with Crippen molar-refractivity contribution in [1.82, 2.24) is 0 Å². The molecule has 92 valence electrons. The number of fused-ring (bicyclic) bond motifs is 1. The molecule has 0 aromatic rings. The van der Waals surface area contributed by atoms with Crippen molar-refractivity contribution in [3.05, 3.63) is 22.8 Å². The largest absolute Gasteiger partial charge is 0.295 e. The summed E-state index contributed by atoms with van der Waals surface area (Å²) in [4.78, 5) is 24.2. The van der Waals surface area contributed by atoms with E-state index >= 15 is 0 Å². The summed E-state index contributed by atoms with van der Waals surface area (Å²) in [7, 11) is 0. The first kappa shape index (κ1) is 12.3. The number of allylic oxidation sites excluding steroid dienone is 4. The Kier molecular flexibility index (Phi) is 2.84. The van der Waals surface area contributed by atoms with Gasteiger partial charge in [-0.25, -0.2) is 0 Å². The van der Waals surface area contributed by atoms with E-state index < -0.39 is 0 Å². The van der Waals surface area contributed by atoms with E-state index in [2.05, 4.69) is 20.8 Å². The molecule has 2 aliphatic rings. The third kappa shape index (κ3) is 1.90. The molecule has 0 amide bonds. The quantitative estimate of drug-likeness (QED) is 0.695.